The van der Waals surface area contributed by atoms with Crippen molar-refractivity contribution in [2.75, 3.05) is 19.0 Å². The Balaban J connectivity index is 1.72. The molecule has 0 aliphatic heterocycles. The van der Waals surface area contributed by atoms with E-state index in [9.17, 15) is 10.1 Å². The van der Waals surface area contributed by atoms with Crippen LogP contribution in [0.2, 0.25) is 10.0 Å². The molecule has 0 saturated carbocycles. The van der Waals surface area contributed by atoms with E-state index in [4.69, 9.17) is 27.9 Å². The number of hydrogen-bond donors (Lipinski definition) is 2. The van der Waals surface area contributed by atoms with Crippen LogP contribution in [0.4, 0.5) is 11.4 Å². The molecule has 0 aliphatic carbocycles. The molecule has 0 radical (unpaired) electrons. The normalized spacial score (nSPS) is 10.8. The lowest BCUT2D eigenvalue weighted by atomic mass is 10.1. The summed E-state index contributed by atoms with van der Waals surface area (Å²) in [6.07, 6.45) is 2.68. The fourth-order valence-corrected chi connectivity index (χ4v) is 3.26. The Kier molecular flexibility index (Phi) is 5.01. The van der Waals surface area contributed by atoms with Gasteiger partial charge in [0.2, 0.25) is 0 Å². The Bertz CT molecular complexity index is 917. The zero-order valence-corrected chi connectivity index (χ0v) is 14.8. The van der Waals surface area contributed by atoms with Gasteiger partial charge in [-0.3, -0.25) is 10.1 Å². The third kappa shape index (κ3) is 3.65. The number of nitrogens with zero attached hydrogens (tertiary/aromatic N) is 1. The minimum atomic E-state index is -0.526. The van der Waals surface area contributed by atoms with Crippen LogP contribution in [-0.4, -0.2) is 23.6 Å². The van der Waals surface area contributed by atoms with Gasteiger partial charge < -0.3 is 15.0 Å². The van der Waals surface area contributed by atoms with E-state index < -0.39 is 4.92 Å². The number of aromatic nitrogens is 1. The first-order valence-corrected chi connectivity index (χ1v) is 8.26. The maximum atomic E-state index is 10.8. The van der Waals surface area contributed by atoms with E-state index in [-0.39, 0.29) is 15.7 Å². The van der Waals surface area contributed by atoms with Crippen LogP contribution in [0, 0.1) is 10.1 Å². The zero-order valence-electron chi connectivity index (χ0n) is 13.3. The lowest BCUT2D eigenvalue weighted by molar-refractivity contribution is -0.384. The largest absolute Gasteiger partial charge is 0.497 e. The summed E-state index contributed by atoms with van der Waals surface area (Å²) in [7, 11) is 1.63. The standard InChI is InChI=1S/C17H15Cl2N3O3/c1-25-12-2-3-13-10(9-21-16(13)8-12)4-5-20-17-14(18)6-11(22(23)24)7-15(17)19/h2-3,6-9,20-21H,4-5H2,1H3. The second-order valence-electron chi connectivity index (χ2n) is 5.44. The summed E-state index contributed by atoms with van der Waals surface area (Å²) in [5.41, 5.74) is 2.50. The van der Waals surface area contributed by atoms with Crippen LogP contribution in [0.25, 0.3) is 10.9 Å². The molecule has 0 spiro atoms. The molecule has 6 nitrogen and oxygen atoms in total. The third-order valence-corrected chi connectivity index (χ3v) is 4.50. The Morgan fingerprint density at radius 3 is 2.60 bits per heavy atom. The number of ether oxygens (including phenoxy) is 1. The van der Waals surface area contributed by atoms with Gasteiger partial charge in [0.15, 0.2) is 0 Å². The van der Waals surface area contributed by atoms with E-state index in [1.165, 1.54) is 12.1 Å². The van der Waals surface area contributed by atoms with Crippen molar-refractivity contribution in [2.45, 2.75) is 6.42 Å². The SMILES string of the molecule is COc1ccc2c(CCNc3c(Cl)cc([N+](=O)[O-])cc3Cl)c[nH]c2c1. The van der Waals surface area contributed by atoms with Crippen molar-refractivity contribution in [1.29, 1.82) is 0 Å². The molecular weight excluding hydrogens is 365 g/mol. The van der Waals surface area contributed by atoms with Gasteiger partial charge >= 0.3 is 0 Å². The quantitative estimate of drug-likeness (QED) is 0.464. The van der Waals surface area contributed by atoms with Crippen LogP contribution in [0.3, 0.4) is 0 Å². The summed E-state index contributed by atoms with van der Waals surface area (Å²) in [4.78, 5) is 13.5. The number of methoxy groups -OCH3 is 1. The number of non-ortho nitro benzene ring substituents is 1. The maximum absolute atomic E-state index is 10.8. The van der Waals surface area contributed by atoms with Crippen molar-refractivity contribution in [2.24, 2.45) is 0 Å². The number of anilines is 1. The van der Waals surface area contributed by atoms with Crippen molar-refractivity contribution in [3.63, 3.8) is 0 Å². The number of nitrogens with one attached hydrogen (secondary N) is 2. The summed E-state index contributed by atoms with van der Waals surface area (Å²) >= 11 is 12.2. The lowest BCUT2D eigenvalue weighted by Gasteiger charge is -2.10. The van der Waals surface area contributed by atoms with E-state index in [2.05, 4.69) is 10.3 Å². The molecule has 0 atom stereocenters. The van der Waals surface area contributed by atoms with Gasteiger partial charge in [-0.15, -0.1) is 0 Å². The summed E-state index contributed by atoms with van der Waals surface area (Å²) in [5.74, 6) is 0.795. The second kappa shape index (κ2) is 7.21. The van der Waals surface area contributed by atoms with Gasteiger partial charge in [-0.2, -0.15) is 0 Å². The third-order valence-electron chi connectivity index (χ3n) is 3.91. The minimum Gasteiger partial charge on any atom is -0.497 e. The summed E-state index contributed by atoms with van der Waals surface area (Å²) in [5, 5.41) is 15.5. The van der Waals surface area contributed by atoms with Crippen LogP contribution in [0.1, 0.15) is 5.56 Å². The van der Waals surface area contributed by atoms with E-state index in [0.717, 1.165) is 28.6 Å². The first-order chi connectivity index (χ1) is 12.0. The van der Waals surface area contributed by atoms with Crippen molar-refractivity contribution in [3.05, 3.63) is 62.3 Å². The molecule has 0 fully saturated rings. The molecule has 3 aromatic rings. The van der Waals surface area contributed by atoms with Crippen LogP contribution >= 0.6 is 23.2 Å². The highest BCUT2D eigenvalue weighted by Gasteiger charge is 2.14. The minimum absolute atomic E-state index is 0.133. The van der Waals surface area contributed by atoms with Gasteiger partial charge in [0, 0.05) is 41.8 Å². The van der Waals surface area contributed by atoms with E-state index in [1.54, 1.807) is 7.11 Å². The molecule has 2 N–H and O–H groups in total. The molecule has 3 rings (SSSR count). The monoisotopic (exact) mass is 379 g/mol. The van der Waals surface area contributed by atoms with Crippen LogP contribution in [0.5, 0.6) is 5.75 Å². The molecule has 1 heterocycles. The van der Waals surface area contributed by atoms with E-state index in [1.807, 2.05) is 24.4 Å². The molecule has 130 valence electrons. The van der Waals surface area contributed by atoms with Crippen LogP contribution in [0.15, 0.2) is 36.5 Å². The van der Waals surface area contributed by atoms with Gasteiger partial charge in [0.05, 0.1) is 27.8 Å². The molecule has 1 aromatic heterocycles. The fourth-order valence-electron chi connectivity index (χ4n) is 2.66. The molecule has 0 saturated heterocycles. The predicted molar refractivity (Wildman–Crippen MR) is 100 cm³/mol. The summed E-state index contributed by atoms with van der Waals surface area (Å²) in [6, 6.07) is 8.43. The Morgan fingerprint density at radius 1 is 1.24 bits per heavy atom. The molecular formula is C17H15Cl2N3O3. The van der Waals surface area contributed by atoms with Crippen LogP contribution < -0.4 is 10.1 Å². The molecule has 8 heteroatoms. The molecule has 0 aliphatic rings. The van der Waals surface area contributed by atoms with Gasteiger partial charge in [0.25, 0.3) is 5.69 Å². The van der Waals surface area contributed by atoms with Crippen molar-refractivity contribution >= 4 is 45.5 Å². The number of nitro benzene ring substituents is 1. The van der Waals surface area contributed by atoms with Gasteiger partial charge in [-0.25, -0.2) is 0 Å². The van der Waals surface area contributed by atoms with E-state index >= 15 is 0 Å². The average Bonchev–Trinajstić information content (AvgIpc) is 2.99. The number of aromatic amines is 1. The Hall–Kier alpha value is -2.44. The number of halogens is 2. The number of fused-ring (bicyclic) bond motifs is 1. The lowest BCUT2D eigenvalue weighted by Crippen LogP contribution is -2.06. The van der Waals surface area contributed by atoms with Crippen LogP contribution in [-0.2, 0) is 6.42 Å². The average molecular weight is 380 g/mol. The zero-order chi connectivity index (χ0) is 18.0. The van der Waals surface area contributed by atoms with Crippen molar-refractivity contribution in [1.82, 2.24) is 4.98 Å². The predicted octanol–water partition coefficient (Wildman–Crippen LogP) is 5.05. The molecule has 0 bridgehead atoms. The number of hydrogen-bond acceptors (Lipinski definition) is 4. The summed E-state index contributed by atoms with van der Waals surface area (Å²) in [6.45, 7) is 0.580. The number of benzene rings is 2. The van der Waals surface area contributed by atoms with E-state index in [0.29, 0.717) is 12.2 Å². The van der Waals surface area contributed by atoms with Crippen molar-refractivity contribution < 1.29 is 9.66 Å². The molecule has 0 amide bonds. The molecule has 2 aromatic carbocycles. The maximum Gasteiger partial charge on any atom is 0.272 e. The van der Waals surface area contributed by atoms with Gasteiger partial charge in [0.1, 0.15) is 5.75 Å². The number of H-pyrrole nitrogens is 1. The first kappa shape index (κ1) is 17.4. The fraction of sp³-hybridized carbons (Fsp3) is 0.176. The van der Waals surface area contributed by atoms with Crippen molar-refractivity contribution in [3.8, 4) is 5.75 Å². The number of nitro groups is 1. The Labute approximate surface area is 153 Å². The van der Waals surface area contributed by atoms with Gasteiger partial charge in [-0.05, 0) is 24.1 Å². The highest BCUT2D eigenvalue weighted by molar-refractivity contribution is 6.39. The highest BCUT2D eigenvalue weighted by atomic mass is 35.5. The molecule has 0 unspecified atom stereocenters. The highest BCUT2D eigenvalue weighted by Crippen LogP contribution is 2.34. The Morgan fingerprint density at radius 2 is 1.96 bits per heavy atom. The smallest absolute Gasteiger partial charge is 0.272 e. The summed E-state index contributed by atoms with van der Waals surface area (Å²) < 4.78 is 5.21. The second-order valence-corrected chi connectivity index (χ2v) is 6.26. The van der Waals surface area contributed by atoms with Gasteiger partial charge in [-0.1, -0.05) is 23.2 Å². The first-order valence-electron chi connectivity index (χ1n) is 7.51. The molecule has 25 heavy (non-hydrogen) atoms. The topological polar surface area (TPSA) is 80.2 Å². The number of rotatable bonds is 6.